The number of benzene rings is 1. The lowest BCUT2D eigenvalue weighted by Gasteiger charge is -2.38. The predicted octanol–water partition coefficient (Wildman–Crippen LogP) is 1.76. The first-order valence-corrected chi connectivity index (χ1v) is 8.48. The molecule has 2 heterocycles. The highest BCUT2D eigenvalue weighted by atomic mass is 32.2. The summed E-state index contributed by atoms with van der Waals surface area (Å²) in [5, 5.41) is 0. The molecule has 118 valence electrons. The number of nitrogens with zero attached hydrogens (tertiary/aromatic N) is 2. The Kier molecular flexibility index (Phi) is 4.40. The maximum Gasteiger partial charge on any atom is 0.243 e. The highest BCUT2D eigenvalue weighted by molar-refractivity contribution is 8.00. The van der Waals surface area contributed by atoms with Crippen LogP contribution in [0.3, 0.4) is 0 Å². The number of hydrogen-bond acceptors (Lipinski definition) is 4. The van der Waals surface area contributed by atoms with Crippen molar-refractivity contribution in [1.29, 1.82) is 0 Å². The fourth-order valence-corrected chi connectivity index (χ4v) is 3.74. The summed E-state index contributed by atoms with van der Waals surface area (Å²) in [6.07, 6.45) is 0.0417. The van der Waals surface area contributed by atoms with Crippen LogP contribution < -0.4 is 4.90 Å². The predicted molar refractivity (Wildman–Crippen MR) is 86.1 cm³/mol. The van der Waals surface area contributed by atoms with Gasteiger partial charge in [-0.1, -0.05) is 12.1 Å². The molecule has 1 aromatic rings. The number of thioether (sulfide) groups is 1. The molecule has 5 nitrogen and oxygen atoms in total. The zero-order valence-corrected chi connectivity index (χ0v) is 13.6. The Bertz CT molecular complexity index is 593. The van der Waals surface area contributed by atoms with Crippen LogP contribution in [0, 0.1) is 0 Å². The molecule has 0 saturated carbocycles. The third-order valence-corrected chi connectivity index (χ3v) is 5.08. The molecule has 1 fully saturated rings. The van der Waals surface area contributed by atoms with E-state index in [1.807, 2.05) is 43.0 Å². The van der Waals surface area contributed by atoms with Gasteiger partial charge in [-0.3, -0.25) is 9.59 Å². The number of amides is 2. The van der Waals surface area contributed by atoms with Crippen LogP contribution >= 0.6 is 11.8 Å². The summed E-state index contributed by atoms with van der Waals surface area (Å²) in [6.45, 7) is 5.18. The molecule has 2 atom stereocenters. The topological polar surface area (TPSA) is 49.9 Å². The van der Waals surface area contributed by atoms with E-state index in [9.17, 15) is 9.59 Å². The third-order valence-electron chi connectivity index (χ3n) is 4.03. The molecule has 2 aliphatic heterocycles. The van der Waals surface area contributed by atoms with E-state index in [1.54, 1.807) is 4.90 Å². The van der Waals surface area contributed by atoms with Gasteiger partial charge in [-0.2, -0.15) is 0 Å². The molecule has 1 aromatic carbocycles. The van der Waals surface area contributed by atoms with Gasteiger partial charge in [0.25, 0.3) is 0 Å². The fourth-order valence-electron chi connectivity index (χ4n) is 2.80. The first-order valence-electron chi connectivity index (χ1n) is 7.49. The van der Waals surface area contributed by atoms with Crippen LogP contribution in [0.1, 0.15) is 13.8 Å². The number of para-hydroxylation sites is 1. The highest BCUT2D eigenvalue weighted by Crippen LogP contribution is 2.34. The van der Waals surface area contributed by atoms with Crippen molar-refractivity contribution in [2.24, 2.45) is 0 Å². The molecule has 22 heavy (non-hydrogen) atoms. The average Bonchev–Trinajstić information content (AvgIpc) is 2.52. The molecule has 3 rings (SSSR count). The molecule has 0 aromatic heterocycles. The number of hydrogen-bond donors (Lipinski definition) is 0. The highest BCUT2D eigenvalue weighted by Gasteiger charge is 2.32. The Labute approximate surface area is 134 Å². The third kappa shape index (κ3) is 2.98. The summed E-state index contributed by atoms with van der Waals surface area (Å²) >= 11 is 1.53. The van der Waals surface area contributed by atoms with Crippen molar-refractivity contribution in [3.05, 3.63) is 24.3 Å². The van der Waals surface area contributed by atoms with E-state index in [1.165, 1.54) is 11.8 Å². The second-order valence-electron chi connectivity index (χ2n) is 5.78. The van der Waals surface area contributed by atoms with E-state index in [-0.39, 0.29) is 30.5 Å². The number of carbonyl (C=O) groups excluding carboxylic acids is 2. The minimum atomic E-state index is -0.0160. The summed E-state index contributed by atoms with van der Waals surface area (Å²) in [4.78, 5) is 29.4. The number of rotatable bonds is 2. The number of carbonyl (C=O) groups is 2. The van der Waals surface area contributed by atoms with Gasteiger partial charge in [-0.25, -0.2) is 0 Å². The number of anilines is 1. The quantitative estimate of drug-likeness (QED) is 0.833. The maximum absolute atomic E-state index is 12.6. The first-order chi connectivity index (χ1) is 10.6. The Morgan fingerprint density at radius 1 is 1.36 bits per heavy atom. The van der Waals surface area contributed by atoms with Gasteiger partial charge >= 0.3 is 0 Å². The SMILES string of the molecule is CC1CN(C(=O)CN2C(=O)CSc3ccccc32)C(C)CO1. The number of ether oxygens (including phenoxy) is 1. The van der Waals surface area contributed by atoms with E-state index in [0.717, 1.165) is 10.6 Å². The molecular formula is C16H20N2O3S. The van der Waals surface area contributed by atoms with Crippen LogP contribution in [0.5, 0.6) is 0 Å². The monoisotopic (exact) mass is 320 g/mol. The van der Waals surface area contributed by atoms with Gasteiger partial charge in [-0.05, 0) is 26.0 Å². The summed E-state index contributed by atoms with van der Waals surface area (Å²) in [7, 11) is 0. The van der Waals surface area contributed by atoms with Crippen LogP contribution in [0.4, 0.5) is 5.69 Å². The van der Waals surface area contributed by atoms with E-state index < -0.39 is 0 Å². The molecule has 6 heteroatoms. The minimum absolute atomic E-state index is 0.00832. The van der Waals surface area contributed by atoms with Crippen molar-refractivity contribution in [1.82, 2.24) is 4.90 Å². The molecule has 0 N–H and O–H groups in total. The molecule has 0 radical (unpaired) electrons. The Morgan fingerprint density at radius 2 is 2.14 bits per heavy atom. The largest absolute Gasteiger partial charge is 0.375 e. The Balaban J connectivity index is 1.77. The van der Waals surface area contributed by atoms with Crippen LogP contribution in [-0.2, 0) is 14.3 Å². The Morgan fingerprint density at radius 3 is 2.95 bits per heavy atom. The molecule has 0 bridgehead atoms. The summed E-state index contributed by atoms with van der Waals surface area (Å²) in [5.74, 6) is 0.364. The van der Waals surface area contributed by atoms with Crippen LogP contribution in [0.2, 0.25) is 0 Å². The van der Waals surface area contributed by atoms with Gasteiger partial charge < -0.3 is 14.5 Å². The zero-order chi connectivity index (χ0) is 15.7. The standard InChI is InChI=1S/C16H20N2O3S/c1-11-9-21-12(2)7-17(11)15(19)8-18-13-5-3-4-6-14(13)22-10-16(18)20/h3-6,11-12H,7-10H2,1-2H3. The molecule has 1 saturated heterocycles. The molecular weight excluding hydrogens is 300 g/mol. The Hall–Kier alpha value is -1.53. The van der Waals surface area contributed by atoms with Crippen molar-refractivity contribution in [3.8, 4) is 0 Å². The van der Waals surface area contributed by atoms with Crippen molar-refractivity contribution in [2.75, 3.05) is 30.3 Å². The van der Waals surface area contributed by atoms with Gasteiger partial charge in [0, 0.05) is 11.4 Å². The second-order valence-corrected chi connectivity index (χ2v) is 6.79. The summed E-state index contributed by atoms with van der Waals surface area (Å²) in [6, 6.07) is 7.79. The van der Waals surface area contributed by atoms with Crippen LogP contribution in [0.25, 0.3) is 0 Å². The van der Waals surface area contributed by atoms with Crippen molar-refractivity contribution < 1.29 is 14.3 Å². The van der Waals surface area contributed by atoms with Gasteiger partial charge in [0.05, 0.1) is 30.2 Å². The van der Waals surface area contributed by atoms with Gasteiger partial charge in [-0.15, -0.1) is 11.8 Å². The van der Waals surface area contributed by atoms with Crippen molar-refractivity contribution in [2.45, 2.75) is 30.9 Å². The lowest BCUT2D eigenvalue weighted by molar-refractivity contribution is -0.142. The van der Waals surface area contributed by atoms with Gasteiger partial charge in [0.15, 0.2) is 0 Å². The minimum Gasteiger partial charge on any atom is -0.375 e. The summed E-state index contributed by atoms with van der Waals surface area (Å²) < 4.78 is 5.56. The lowest BCUT2D eigenvalue weighted by atomic mass is 10.2. The van der Waals surface area contributed by atoms with E-state index in [0.29, 0.717) is 18.9 Å². The normalized spacial score (nSPS) is 25.1. The van der Waals surface area contributed by atoms with E-state index in [4.69, 9.17) is 4.74 Å². The number of morpholine rings is 1. The van der Waals surface area contributed by atoms with Crippen LogP contribution in [0.15, 0.2) is 29.2 Å². The molecule has 0 spiro atoms. The maximum atomic E-state index is 12.6. The molecule has 2 unspecified atom stereocenters. The van der Waals surface area contributed by atoms with Crippen molar-refractivity contribution >= 4 is 29.3 Å². The molecule has 2 amide bonds. The van der Waals surface area contributed by atoms with Crippen LogP contribution in [-0.4, -0.2) is 54.3 Å². The number of fused-ring (bicyclic) bond motifs is 1. The van der Waals surface area contributed by atoms with E-state index >= 15 is 0 Å². The van der Waals surface area contributed by atoms with Gasteiger partial charge in [0.1, 0.15) is 6.54 Å². The fraction of sp³-hybridized carbons (Fsp3) is 0.500. The second kappa shape index (κ2) is 6.30. The van der Waals surface area contributed by atoms with Crippen molar-refractivity contribution in [3.63, 3.8) is 0 Å². The zero-order valence-electron chi connectivity index (χ0n) is 12.8. The molecule has 0 aliphatic carbocycles. The lowest BCUT2D eigenvalue weighted by Crippen LogP contribution is -2.54. The van der Waals surface area contributed by atoms with Gasteiger partial charge in [0.2, 0.25) is 11.8 Å². The van der Waals surface area contributed by atoms with E-state index in [2.05, 4.69) is 0 Å². The smallest absolute Gasteiger partial charge is 0.243 e. The average molecular weight is 320 g/mol. The molecule has 2 aliphatic rings. The summed E-state index contributed by atoms with van der Waals surface area (Å²) in [5.41, 5.74) is 0.839. The first kappa shape index (κ1) is 15.4.